The minimum Gasteiger partial charge on any atom is -0.488 e. The first kappa shape index (κ1) is 18.5. The lowest BCUT2D eigenvalue weighted by molar-refractivity contribution is 0.103. The Labute approximate surface area is 137 Å². The van der Waals surface area contributed by atoms with Crippen molar-refractivity contribution < 1.29 is 9.84 Å². The van der Waals surface area contributed by atoms with Gasteiger partial charge in [0.05, 0.1) is 10.0 Å². The maximum Gasteiger partial charge on any atom is 0.156 e. The van der Waals surface area contributed by atoms with Crippen LogP contribution in [0.5, 0.6) is 5.75 Å². The Bertz CT molecular complexity index is 410. The second kappa shape index (κ2) is 9.49. The Balaban J connectivity index is 2.29. The number of hydrogen-bond acceptors (Lipinski definition) is 4. The summed E-state index contributed by atoms with van der Waals surface area (Å²) in [6.07, 6.45) is 0.413. The summed E-state index contributed by atoms with van der Waals surface area (Å²) in [6.45, 7) is 3.73. The van der Waals surface area contributed by atoms with Crippen molar-refractivity contribution in [3.63, 3.8) is 0 Å². The zero-order valence-electron chi connectivity index (χ0n) is 12.8. The van der Waals surface area contributed by atoms with Gasteiger partial charge in [-0.3, -0.25) is 0 Å². The predicted molar refractivity (Wildman–Crippen MR) is 88.6 cm³/mol. The van der Waals surface area contributed by atoms with Crippen molar-refractivity contribution >= 4 is 23.2 Å². The SMILES string of the molecule is CC(CCN(C)C)NCC(O)COc1c(Cl)cccc1Cl. The van der Waals surface area contributed by atoms with E-state index < -0.39 is 6.10 Å². The molecule has 2 atom stereocenters. The smallest absolute Gasteiger partial charge is 0.156 e. The van der Waals surface area contributed by atoms with E-state index in [1.165, 1.54) is 0 Å². The van der Waals surface area contributed by atoms with Crippen molar-refractivity contribution in [2.45, 2.75) is 25.5 Å². The lowest BCUT2D eigenvalue weighted by Gasteiger charge is -2.19. The highest BCUT2D eigenvalue weighted by atomic mass is 35.5. The predicted octanol–water partition coefficient (Wildman–Crippen LogP) is 2.66. The number of hydrogen-bond donors (Lipinski definition) is 2. The molecule has 0 bridgehead atoms. The summed E-state index contributed by atoms with van der Waals surface area (Å²) >= 11 is 12.0. The minimum atomic E-state index is -0.612. The summed E-state index contributed by atoms with van der Waals surface area (Å²) in [5.74, 6) is 0.417. The van der Waals surface area contributed by atoms with Crippen molar-refractivity contribution in [2.75, 3.05) is 33.8 Å². The summed E-state index contributed by atoms with van der Waals surface area (Å²) in [4.78, 5) is 2.14. The fraction of sp³-hybridized carbons (Fsp3) is 0.600. The fourth-order valence-electron chi connectivity index (χ4n) is 1.75. The number of para-hydroxylation sites is 1. The van der Waals surface area contributed by atoms with Gasteiger partial charge in [-0.25, -0.2) is 0 Å². The van der Waals surface area contributed by atoms with E-state index in [-0.39, 0.29) is 6.61 Å². The van der Waals surface area contributed by atoms with Gasteiger partial charge in [-0.05, 0) is 46.1 Å². The Hall–Kier alpha value is -0.520. The molecule has 21 heavy (non-hydrogen) atoms. The van der Waals surface area contributed by atoms with E-state index in [1.54, 1.807) is 18.2 Å². The number of nitrogens with one attached hydrogen (secondary N) is 1. The Morgan fingerprint density at radius 1 is 1.29 bits per heavy atom. The van der Waals surface area contributed by atoms with E-state index in [2.05, 4.69) is 17.1 Å². The summed E-state index contributed by atoms with van der Waals surface area (Å²) in [7, 11) is 4.09. The highest BCUT2D eigenvalue weighted by molar-refractivity contribution is 6.37. The second-order valence-corrected chi connectivity index (χ2v) is 6.23. The van der Waals surface area contributed by atoms with E-state index in [1.807, 2.05) is 14.1 Å². The third-order valence-corrected chi connectivity index (χ3v) is 3.65. The zero-order chi connectivity index (χ0) is 15.8. The Morgan fingerprint density at radius 3 is 2.48 bits per heavy atom. The van der Waals surface area contributed by atoms with Crippen molar-refractivity contribution in [3.05, 3.63) is 28.2 Å². The van der Waals surface area contributed by atoms with E-state index in [0.29, 0.717) is 28.4 Å². The average molecular weight is 335 g/mol. The molecule has 1 rings (SSSR count). The molecule has 0 aliphatic rings. The van der Waals surface area contributed by atoms with Crippen LogP contribution in [-0.2, 0) is 0 Å². The van der Waals surface area contributed by atoms with Crippen LogP contribution < -0.4 is 10.1 Å². The largest absolute Gasteiger partial charge is 0.488 e. The maximum absolute atomic E-state index is 9.93. The van der Waals surface area contributed by atoms with Crippen LogP contribution in [0.3, 0.4) is 0 Å². The standard InChI is InChI=1S/C15H24Cl2N2O2/c1-11(7-8-19(2)3)18-9-12(20)10-21-15-13(16)5-4-6-14(15)17/h4-6,11-12,18,20H,7-10H2,1-3H3. The van der Waals surface area contributed by atoms with Crippen molar-refractivity contribution in [1.82, 2.24) is 10.2 Å². The number of nitrogens with zero attached hydrogens (tertiary/aromatic N) is 1. The van der Waals surface area contributed by atoms with Gasteiger partial charge in [-0.15, -0.1) is 0 Å². The maximum atomic E-state index is 9.93. The third-order valence-electron chi connectivity index (χ3n) is 3.05. The van der Waals surface area contributed by atoms with Crippen LogP contribution in [0, 0.1) is 0 Å². The van der Waals surface area contributed by atoms with E-state index in [0.717, 1.165) is 13.0 Å². The van der Waals surface area contributed by atoms with Crippen LogP contribution in [0.25, 0.3) is 0 Å². The van der Waals surface area contributed by atoms with Gasteiger partial charge < -0.3 is 20.1 Å². The second-order valence-electron chi connectivity index (χ2n) is 5.42. The topological polar surface area (TPSA) is 44.7 Å². The van der Waals surface area contributed by atoms with E-state index >= 15 is 0 Å². The normalized spacial score (nSPS) is 14.2. The molecule has 0 aliphatic heterocycles. The molecule has 0 saturated heterocycles. The average Bonchev–Trinajstić information content (AvgIpc) is 2.42. The quantitative estimate of drug-likeness (QED) is 0.728. The Kier molecular flexibility index (Phi) is 8.37. The molecule has 0 aromatic heterocycles. The highest BCUT2D eigenvalue weighted by Gasteiger charge is 2.11. The number of aliphatic hydroxyl groups excluding tert-OH is 1. The molecule has 120 valence electrons. The van der Waals surface area contributed by atoms with Crippen LogP contribution in [0.15, 0.2) is 18.2 Å². The first-order valence-corrected chi connectivity index (χ1v) is 7.78. The van der Waals surface area contributed by atoms with Gasteiger partial charge >= 0.3 is 0 Å². The molecule has 2 N–H and O–H groups in total. The molecule has 1 aromatic carbocycles. The number of aliphatic hydroxyl groups is 1. The monoisotopic (exact) mass is 334 g/mol. The molecule has 4 nitrogen and oxygen atoms in total. The van der Waals surface area contributed by atoms with Crippen LogP contribution in [-0.4, -0.2) is 55.9 Å². The van der Waals surface area contributed by atoms with Gasteiger partial charge in [-0.1, -0.05) is 29.3 Å². The van der Waals surface area contributed by atoms with Gasteiger partial charge in [0, 0.05) is 12.6 Å². The summed E-state index contributed by atoms with van der Waals surface area (Å²) in [5, 5.41) is 14.1. The zero-order valence-corrected chi connectivity index (χ0v) is 14.3. The molecule has 0 saturated carbocycles. The Morgan fingerprint density at radius 2 is 1.90 bits per heavy atom. The van der Waals surface area contributed by atoms with Crippen LogP contribution in [0.4, 0.5) is 0 Å². The van der Waals surface area contributed by atoms with Crippen molar-refractivity contribution in [1.29, 1.82) is 0 Å². The van der Waals surface area contributed by atoms with Gasteiger partial charge in [0.25, 0.3) is 0 Å². The van der Waals surface area contributed by atoms with E-state index in [9.17, 15) is 5.11 Å². The molecule has 2 unspecified atom stereocenters. The highest BCUT2D eigenvalue weighted by Crippen LogP contribution is 2.32. The summed E-state index contributed by atoms with van der Waals surface area (Å²) in [5.41, 5.74) is 0. The number of ether oxygens (including phenoxy) is 1. The summed E-state index contributed by atoms with van der Waals surface area (Å²) < 4.78 is 5.50. The van der Waals surface area contributed by atoms with Crippen LogP contribution in [0.1, 0.15) is 13.3 Å². The first-order valence-electron chi connectivity index (χ1n) is 7.03. The fourth-order valence-corrected chi connectivity index (χ4v) is 2.26. The number of halogens is 2. The first-order chi connectivity index (χ1) is 9.90. The molecule has 1 aromatic rings. The number of benzene rings is 1. The van der Waals surface area contributed by atoms with Gasteiger partial charge in [0.15, 0.2) is 5.75 Å². The molecule has 0 spiro atoms. The van der Waals surface area contributed by atoms with Gasteiger partial charge in [-0.2, -0.15) is 0 Å². The lowest BCUT2D eigenvalue weighted by atomic mass is 10.2. The molecule has 0 amide bonds. The van der Waals surface area contributed by atoms with Crippen molar-refractivity contribution in [3.8, 4) is 5.75 Å². The van der Waals surface area contributed by atoms with Crippen molar-refractivity contribution in [2.24, 2.45) is 0 Å². The molecule has 0 radical (unpaired) electrons. The minimum absolute atomic E-state index is 0.150. The van der Waals surface area contributed by atoms with Gasteiger partial charge in [0.1, 0.15) is 12.7 Å². The third kappa shape index (κ3) is 7.34. The lowest BCUT2D eigenvalue weighted by Crippen LogP contribution is -2.37. The van der Waals surface area contributed by atoms with Crippen LogP contribution in [0.2, 0.25) is 10.0 Å². The van der Waals surface area contributed by atoms with Crippen LogP contribution >= 0.6 is 23.2 Å². The summed E-state index contributed by atoms with van der Waals surface area (Å²) in [6, 6.07) is 5.50. The molecule has 0 aliphatic carbocycles. The number of rotatable bonds is 9. The molecular formula is C15H24Cl2N2O2. The molecule has 0 heterocycles. The molecule has 0 fully saturated rings. The van der Waals surface area contributed by atoms with E-state index in [4.69, 9.17) is 27.9 Å². The molecule has 6 heteroatoms. The molecular weight excluding hydrogens is 311 g/mol. The van der Waals surface area contributed by atoms with Gasteiger partial charge in [0.2, 0.25) is 0 Å².